The average Bonchev–Trinajstić information content (AvgIpc) is 2.25. The maximum absolute atomic E-state index is 11.7. The zero-order chi connectivity index (χ0) is 12.0. The van der Waals surface area contributed by atoms with Crippen molar-refractivity contribution in [3.05, 3.63) is 24.3 Å². The average molecular weight is 236 g/mol. The van der Waals surface area contributed by atoms with Crippen LogP contribution >= 0.6 is 0 Å². The molecule has 88 valence electrons. The van der Waals surface area contributed by atoms with Gasteiger partial charge in [0.1, 0.15) is 11.7 Å². The van der Waals surface area contributed by atoms with Gasteiger partial charge in [0.05, 0.1) is 0 Å². The first-order valence-electron chi connectivity index (χ1n) is 4.25. The molecule has 0 aromatic heterocycles. The third-order valence-electron chi connectivity index (χ3n) is 1.54. The van der Waals surface area contributed by atoms with Crippen LogP contribution in [0.3, 0.4) is 0 Å². The van der Waals surface area contributed by atoms with Gasteiger partial charge in [0.2, 0.25) is 0 Å². The highest BCUT2D eigenvalue weighted by atomic mass is 19.3. The van der Waals surface area contributed by atoms with Crippen molar-refractivity contribution in [2.24, 2.45) is 10.2 Å². The summed E-state index contributed by atoms with van der Waals surface area (Å²) in [4.78, 5) is 0. The van der Waals surface area contributed by atoms with E-state index in [1.807, 2.05) is 0 Å². The second-order valence-corrected chi connectivity index (χ2v) is 2.74. The first-order chi connectivity index (χ1) is 7.58. The van der Waals surface area contributed by atoms with Crippen LogP contribution in [0, 0.1) is 0 Å². The Bertz CT molecular complexity index is 328. The molecule has 1 rings (SSSR count). The second-order valence-electron chi connectivity index (χ2n) is 2.74. The molecule has 8 heteroatoms. The van der Waals surface area contributed by atoms with Crippen LogP contribution in [0.15, 0.2) is 34.5 Å². The number of hydrazone groups is 2. The number of rotatable bonds is 4. The smallest absolute Gasteiger partial charge is 0.261 e. The molecule has 1 aliphatic heterocycles. The van der Waals surface area contributed by atoms with E-state index in [1.165, 1.54) is 0 Å². The molecule has 0 unspecified atom stereocenters. The lowest BCUT2D eigenvalue weighted by Crippen LogP contribution is -2.32. The summed E-state index contributed by atoms with van der Waals surface area (Å²) in [6.45, 7) is 0. The molecule has 0 fully saturated rings. The van der Waals surface area contributed by atoms with Crippen LogP contribution in [0.2, 0.25) is 0 Å². The lowest BCUT2D eigenvalue weighted by atomic mass is 10.3. The van der Waals surface area contributed by atoms with Crippen LogP contribution in [0.25, 0.3) is 0 Å². The van der Waals surface area contributed by atoms with Crippen molar-refractivity contribution in [3.8, 4) is 0 Å². The molecule has 4 nitrogen and oxygen atoms in total. The molecule has 0 saturated heterocycles. The third-order valence-corrected chi connectivity index (χ3v) is 1.54. The summed E-state index contributed by atoms with van der Waals surface area (Å²) in [5, 5.41) is 7.27. The summed E-state index contributed by atoms with van der Waals surface area (Å²) in [7, 11) is 0. The fourth-order valence-corrected chi connectivity index (χ4v) is 0.844. The molecule has 0 aliphatic carbocycles. The van der Waals surface area contributed by atoms with Gasteiger partial charge in [0.15, 0.2) is 0 Å². The van der Waals surface area contributed by atoms with Gasteiger partial charge in [-0.1, -0.05) is 0 Å². The summed E-state index contributed by atoms with van der Waals surface area (Å²) in [5.41, 5.74) is 4.74. The summed E-state index contributed by atoms with van der Waals surface area (Å²) in [6, 6.07) is 0. The molecule has 16 heavy (non-hydrogen) atoms. The zero-order valence-electron chi connectivity index (χ0n) is 7.98. The van der Waals surface area contributed by atoms with Gasteiger partial charge in [0, 0.05) is 12.8 Å². The van der Waals surface area contributed by atoms with Crippen molar-refractivity contribution >= 4 is 11.7 Å². The quantitative estimate of drug-likeness (QED) is 0.735. The number of nitrogens with zero attached hydrogens (tertiary/aromatic N) is 2. The largest absolute Gasteiger partial charge is 0.266 e. The monoisotopic (exact) mass is 236 g/mol. The van der Waals surface area contributed by atoms with E-state index >= 15 is 0 Å². The highest BCUT2D eigenvalue weighted by Gasteiger charge is 2.06. The molecule has 0 atom stereocenters. The number of hydrogen-bond donors (Lipinski definition) is 2. The van der Waals surface area contributed by atoms with Crippen molar-refractivity contribution in [3.63, 3.8) is 0 Å². The highest BCUT2D eigenvalue weighted by molar-refractivity contribution is 5.91. The van der Waals surface area contributed by atoms with E-state index < -0.39 is 12.2 Å². The van der Waals surface area contributed by atoms with Gasteiger partial charge >= 0.3 is 0 Å². The fourth-order valence-electron chi connectivity index (χ4n) is 0.844. The molecule has 1 heterocycles. The first-order valence-corrected chi connectivity index (χ1v) is 4.25. The van der Waals surface area contributed by atoms with Crippen LogP contribution < -0.4 is 10.9 Å². The number of hydrogen-bond acceptors (Lipinski definition) is 4. The maximum Gasteiger partial charge on any atom is 0.266 e. The fraction of sp³-hybridized carbons (Fsp3) is 0.250. The van der Waals surface area contributed by atoms with E-state index in [0.29, 0.717) is 12.2 Å². The van der Waals surface area contributed by atoms with E-state index in [0.717, 1.165) is 0 Å². The minimum atomic E-state index is -1.82. The number of nitrogens with one attached hydrogen (secondary N) is 2. The normalized spacial score (nSPS) is 14.0. The van der Waals surface area contributed by atoms with Crippen molar-refractivity contribution in [2.45, 2.75) is 12.8 Å². The molecule has 0 aromatic rings. The Hall–Kier alpha value is -1.86. The predicted molar refractivity (Wildman–Crippen MR) is 51.0 cm³/mol. The Morgan fingerprint density at radius 3 is 1.50 bits per heavy atom. The minimum Gasteiger partial charge on any atom is -0.261 e. The minimum absolute atomic E-state index is 0.112. The molecule has 0 bridgehead atoms. The number of amidine groups is 2. The lowest BCUT2D eigenvalue weighted by Gasteiger charge is -2.12. The zero-order valence-corrected chi connectivity index (χ0v) is 7.98. The Morgan fingerprint density at radius 2 is 1.25 bits per heavy atom. The van der Waals surface area contributed by atoms with Crippen LogP contribution in [0.4, 0.5) is 17.6 Å². The van der Waals surface area contributed by atoms with E-state index in [1.54, 1.807) is 0 Å². The van der Waals surface area contributed by atoms with E-state index in [4.69, 9.17) is 0 Å². The molecule has 1 aliphatic rings. The summed E-state index contributed by atoms with van der Waals surface area (Å²) >= 11 is 0. The standard InChI is InChI=1S/C8H8F4N4/c9-5(10)1-3-7-13-15-8(16-14-7)4-2-6(11)12/h1-2H,3-4H2,(H,13,14)(H,15,16). The highest BCUT2D eigenvalue weighted by Crippen LogP contribution is 2.02. The summed E-state index contributed by atoms with van der Waals surface area (Å²) in [6.07, 6.45) is -2.54. The van der Waals surface area contributed by atoms with E-state index in [9.17, 15) is 17.6 Å². The Balaban J connectivity index is 2.41. The van der Waals surface area contributed by atoms with Crippen molar-refractivity contribution < 1.29 is 17.6 Å². The van der Waals surface area contributed by atoms with Crippen LogP contribution in [0.1, 0.15) is 12.8 Å². The van der Waals surface area contributed by atoms with E-state index in [-0.39, 0.29) is 24.5 Å². The van der Waals surface area contributed by atoms with Gasteiger partial charge in [0.25, 0.3) is 12.2 Å². The molecule has 0 amide bonds. The molecular formula is C8H8F4N4. The van der Waals surface area contributed by atoms with Gasteiger partial charge in [-0.15, -0.1) is 0 Å². The van der Waals surface area contributed by atoms with Crippen molar-refractivity contribution in [1.82, 2.24) is 10.9 Å². The first kappa shape index (κ1) is 12.2. The molecule has 2 N–H and O–H groups in total. The summed E-state index contributed by atoms with van der Waals surface area (Å²) < 4.78 is 46.8. The van der Waals surface area contributed by atoms with Gasteiger partial charge in [-0.3, -0.25) is 10.9 Å². The molecule has 0 radical (unpaired) electrons. The van der Waals surface area contributed by atoms with Gasteiger partial charge < -0.3 is 0 Å². The molecule has 0 saturated carbocycles. The Labute approximate surface area is 88.4 Å². The second kappa shape index (κ2) is 5.89. The van der Waals surface area contributed by atoms with Crippen LogP contribution in [0.5, 0.6) is 0 Å². The SMILES string of the molecule is FC(F)=CCC1=NNC(CC=C(F)F)=NN1. The lowest BCUT2D eigenvalue weighted by molar-refractivity contribution is 0.418. The predicted octanol–water partition coefficient (Wildman–Crippen LogP) is 2.15. The van der Waals surface area contributed by atoms with Crippen LogP contribution in [-0.4, -0.2) is 11.7 Å². The maximum atomic E-state index is 11.7. The van der Waals surface area contributed by atoms with E-state index in [2.05, 4.69) is 21.1 Å². The van der Waals surface area contributed by atoms with Gasteiger partial charge in [-0.25, -0.2) is 0 Å². The summed E-state index contributed by atoms with van der Waals surface area (Å²) in [5.74, 6) is 0.363. The van der Waals surface area contributed by atoms with Crippen molar-refractivity contribution in [1.29, 1.82) is 0 Å². The molecule has 0 spiro atoms. The Morgan fingerprint density at radius 1 is 0.875 bits per heavy atom. The third kappa shape index (κ3) is 4.58. The van der Waals surface area contributed by atoms with Crippen molar-refractivity contribution in [2.75, 3.05) is 0 Å². The topological polar surface area (TPSA) is 48.8 Å². The van der Waals surface area contributed by atoms with Gasteiger partial charge in [-0.2, -0.15) is 27.8 Å². The Kier molecular flexibility index (Phi) is 4.49. The van der Waals surface area contributed by atoms with Crippen LogP contribution in [-0.2, 0) is 0 Å². The van der Waals surface area contributed by atoms with Gasteiger partial charge in [-0.05, 0) is 12.2 Å². The number of halogens is 4. The molecular weight excluding hydrogens is 228 g/mol. The molecule has 0 aromatic carbocycles.